The van der Waals surface area contributed by atoms with E-state index in [0.29, 0.717) is 6.42 Å². The highest BCUT2D eigenvalue weighted by Gasteiger charge is 2.15. The van der Waals surface area contributed by atoms with E-state index in [1.165, 1.54) is 37.7 Å². The van der Waals surface area contributed by atoms with Crippen molar-refractivity contribution in [1.29, 1.82) is 0 Å². The van der Waals surface area contributed by atoms with Gasteiger partial charge in [0.05, 0.1) is 6.10 Å². The fourth-order valence-electron chi connectivity index (χ4n) is 3.03. The summed E-state index contributed by atoms with van der Waals surface area (Å²) in [7, 11) is 0. The molecule has 1 heteroatoms. The molecular weight excluding hydrogens is 244 g/mol. The monoisotopic (exact) mass is 270 g/mol. The molecule has 0 amide bonds. The van der Waals surface area contributed by atoms with Gasteiger partial charge in [0.1, 0.15) is 0 Å². The molecule has 1 aromatic rings. The van der Waals surface area contributed by atoms with E-state index in [0.717, 1.165) is 17.9 Å². The van der Waals surface area contributed by atoms with Gasteiger partial charge in [-0.15, -0.1) is 0 Å². The lowest BCUT2D eigenvalue weighted by Gasteiger charge is -2.22. The maximum atomic E-state index is 10.1. The highest BCUT2D eigenvalue weighted by Crippen LogP contribution is 2.29. The lowest BCUT2D eigenvalue weighted by atomic mass is 9.84. The first-order valence-corrected chi connectivity index (χ1v) is 7.82. The van der Waals surface area contributed by atoms with Crippen molar-refractivity contribution in [3.05, 3.63) is 54.1 Å². The minimum Gasteiger partial charge on any atom is -0.389 e. The number of hydrogen-bond donors (Lipinski definition) is 1. The average Bonchev–Trinajstić information content (AvgIpc) is 2.47. The Hall–Kier alpha value is -1.34. The first kappa shape index (κ1) is 15.1. The van der Waals surface area contributed by atoms with Gasteiger partial charge in [0, 0.05) is 0 Å². The maximum Gasteiger partial charge on any atom is 0.0761 e. The van der Waals surface area contributed by atoms with Gasteiger partial charge in [0.15, 0.2) is 0 Å². The van der Waals surface area contributed by atoms with E-state index in [-0.39, 0.29) is 0 Å². The minimum atomic E-state index is -0.411. The minimum absolute atomic E-state index is 0.411. The molecule has 1 aliphatic rings. The van der Waals surface area contributed by atoms with E-state index in [4.69, 9.17) is 0 Å². The molecule has 1 atom stereocenters. The molecule has 1 saturated carbocycles. The fraction of sp³-hybridized carbons (Fsp3) is 0.474. The zero-order valence-electron chi connectivity index (χ0n) is 12.3. The van der Waals surface area contributed by atoms with Crippen molar-refractivity contribution < 1.29 is 5.11 Å². The van der Waals surface area contributed by atoms with Crippen molar-refractivity contribution in [3.8, 4) is 0 Å². The number of aliphatic hydroxyl groups is 1. The van der Waals surface area contributed by atoms with Crippen molar-refractivity contribution in [1.82, 2.24) is 0 Å². The van der Waals surface area contributed by atoms with Crippen LogP contribution in [-0.4, -0.2) is 11.2 Å². The molecule has 1 aliphatic carbocycles. The molecule has 1 N–H and O–H groups in total. The van der Waals surface area contributed by atoms with Crippen LogP contribution in [0.2, 0.25) is 0 Å². The molecule has 0 spiro atoms. The summed E-state index contributed by atoms with van der Waals surface area (Å²) in [6.07, 6.45) is 12.1. The number of benzene rings is 1. The van der Waals surface area contributed by atoms with Crippen LogP contribution in [0.1, 0.15) is 50.5 Å². The van der Waals surface area contributed by atoms with Crippen LogP contribution in [0.5, 0.6) is 0 Å². The standard InChI is InChI=1S/C19H26O/c1-16(14-18-10-6-3-7-11-18)15-19(20)13-12-17-8-4-2-5-9-17/h2,4-5,8-9,12-13,18-20H,1,3,6-7,10-11,14-15H2/b13-12+. The molecule has 1 unspecified atom stereocenters. The average molecular weight is 270 g/mol. The molecule has 0 aromatic heterocycles. The van der Waals surface area contributed by atoms with Gasteiger partial charge >= 0.3 is 0 Å². The lowest BCUT2D eigenvalue weighted by Crippen LogP contribution is -2.10. The van der Waals surface area contributed by atoms with E-state index >= 15 is 0 Å². The first-order valence-electron chi connectivity index (χ1n) is 7.82. The Morgan fingerprint density at radius 1 is 1.20 bits per heavy atom. The second kappa shape index (κ2) is 8.06. The zero-order valence-corrected chi connectivity index (χ0v) is 12.3. The normalized spacial score (nSPS) is 18.2. The van der Waals surface area contributed by atoms with E-state index in [1.807, 2.05) is 42.5 Å². The fourth-order valence-corrected chi connectivity index (χ4v) is 3.03. The molecular formula is C19H26O. The Kier molecular flexibility index (Phi) is 6.07. The van der Waals surface area contributed by atoms with Crippen LogP contribution in [0.3, 0.4) is 0 Å². The highest BCUT2D eigenvalue weighted by atomic mass is 16.3. The number of hydrogen-bond acceptors (Lipinski definition) is 1. The van der Waals surface area contributed by atoms with E-state index in [9.17, 15) is 5.11 Å². The molecule has 1 aromatic carbocycles. The Labute approximate surface area is 123 Å². The van der Waals surface area contributed by atoms with Gasteiger partial charge in [-0.1, -0.05) is 86.7 Å². The molecule has 0 saturated heterocycles. The predicted octanol–water partition coefficient (Wildman–Crippen LogP) is 4.98. The Morgan fingerprint density at radius 2 is 1.90 bits per heavy atom. The smallest absolute Gasteiger partial charge is 0.0761 e. The summed E-state index contributed by atoms with van der Waals surface area (Å²) >= 11 is 0. The third-order valence-corrected chi connectivity index (χ3v) is 4.11. The second-order valence-electron chi connectivity index (χ2n) is 6.00. The summed E-state index contributed by atoms with van der Waals surface area (Å²) in [5.41, 5.74) is 2.33. The summed E-state index contributed by atoms with van der Waals surface area (Å²) in [5.74, 6) is 0.807. The van der Waals surface area contributed by atoms with Crippen molar-refractivity contribution >= 4 is 6.08 Å². The summed E-state index contributed by atoms with van der Waals surface area (Å²) in [4.78, 5) is 0. The summed E-state index contributed by atoms with van der Waals surface area (Å²) in [6.45, 7) is 4.15. The van der Waals surface area contributed by atoms with Gasteiger partial charge in [-0.3, -0.25) is 0 Å². The topological polar surface area (TPSA) is 20.2 Å². The quantitative estimate of drug-likeness (QED) is 0.723. The van der Waals surface area contributed by atoms with Crippen LogP contribution in [0, 0.1) is 5.92 Å². The molecule has 1 nitrogen and oxygen atoms in total. The van der Waals surface area contributed by atoms with Crippen LogP contribution in [0.25, 0.3) is 6.08 Å². The van der Waals surface area contributed by atoms with Crippen molar-refractivity contribution in [2.24, 2.45) is 5.92 Å². The molecule has 0 heterocycles. The zero-order chi connectivity index (χ0) is 14.2. The molecule has 20 heavy (non-hydrogen) atoms. The molecule has 1 fully saturated rings. The molecule has 108 valence electrons. The van der Waals surface area contributed by atoms with Crippen molar-refractivity contribution in [3.63, 3.8) is 0 Å². The Bertz CT molecular complexity index is 426. The largest absolute Gasteiger partial charge is 0.389 e. The molecule has 0 radical (unpaired) electrons. The van der Waals surface area contributed by atoms with E-state index in [2.05, 4.69) is 6.58 Å². The van der Waals surface area contributed by atoms with Crippen LogP contribution < -0.4 is 0 Å². The SMILES string of the molecule is C=C(CC(O)/C=C/c1ccccc1)CC1CCCCC1. The highest BCUT2D eigenvalue weighted by molar-refractivity contribution is 5.49. The Morgan fingerprint density at radius 3 is 2.60 bits per heavy atom. The lowest BCUT2D eigenvalue weighted by molar-refractivity contribution is 0.220. The van der Waals surface area contributed by atoms with Gasteiger partial charge in [-0.25, -0.2) is 0 Å². The van der Waals surface area contributed by atoms with Gasteiger partial charge in [0.2, 0.25) is 0 Å². The van der Waals surface area contributed by atoms with Gasteiger partial charge in [-0.2, -0.15) is 0 Å². The molecule has 0 bridgehead atoms. The predicted molar refractivity (Wildman–Crippen MR) is 86.4 cm³/mol. The number of rotatable bonds is 6. The summed E-state index contributed by atoms with van der Waals surface area (Å²) in [5, 5.41) is 10.1. The van der Waals surface area contributed by atoms with Gasteiger partial charge in [0.25, 0.3) is 0 Å². The van der Waals surface area contributed by atoms with Crippen molar-refractivity contribution in [2.45, 2.75) is 51.0 Å². The van der Waals surface area contributed by atoms with E-state index < -0.39 is 6.10 Å². The van der Waals surface area contributed by atoms with Crippen LogP contribution in [-0.2, 0) is 0 Å². The third-order valence-electron chi connectivity index (χ3n) is 4.11. The number of aliphatic hydroxyl groups excluding tert-OH is 1. The first-order chi connectivity index (χ1) is 9.74. The van der Waals surface area contributed by atoms with Gasteiger partial charge < -0.3 is 5.11 Å². The van der Waals surface area contributed by atoms with Gasteiger partial charge in [-0.05, 0) is 24.3 Å². The van der Waals surface area contributed by atoms with Crippen LogP contribution in [0.15, 0.2) is 48.6 Å². The molecule has 0 aliphatic heterocycles. The Balaban J connectivity index is 1.74. The van der Waals surface area contributed by atoms with Crippen LogP contribution in [0.4, 0.5) is 0 Å². The third kappa shape index (κ3) is 5.34. The summed E-state index contributed by atoms with van der Waals surface area (Å²) < 4.78 is 0. The summed E-state index contributed by atoms with van der Waals surface area (Å²) in [6, 6.07) is 10.1. The van der Waals surface area contributed by atoms with Crippen LogP contribution >= 0.6 is 0 Å². The molecule has 2 rings (SSSR count). The second-order valence-corrected chi connectivity index (χ2v) is 6.00. The maximum absolute atomic E-state index is 10.1. The van der Waals surface area contributed by atoms with E-state index in [1.54, 1.807) is 0 Å². The van der Waals surface area contributed by atoms with Crippen molar-refractivity contribution in [2.75, 3.05) is 0 Å².